The van der Waals surface area contributed by atoms with Crippen molar-refractivity contribution in [3.8, 4) is 22.8 Å². The van der Waals surface area contributed by atoms with E-state index < -0.39 is 0 Å². The van der Waals surface area contributed by atoms with E-state index in [2.05, 4.69) is 28.3 Å². The fourth-order valence-electron chi connectivity index (χ4n) is 4.99. The van der Waals surface area contributed by atoms with Gasteiger partial charge in [-0.3, -0.25) is 9.78 Å². The van der Waals surface area contributed by atoms with Gasteiger partial charge in [0.05, 0.1) is 5.69 Å². The maximum atomic E-state index is 13.1. The second kappa shape index (κ2) is 11.6. The Morgan fingerprint density at radius 1 is 1.05 bits per heavy atom. The molecule has 0 atom stereocenters. The molecule has 5 rings (SSSR count). The number of carbonyl (C=O) groups is 1. The molecule has 194 valence electrons. The Morgan fingerprint density at radius 3 is 2.49 bits per heavy atom. The van der Waals surface area contributed by atoms with Crippen molar-refractivity contribution in [2.75, 3.05) is 32.5 Å². The number of nitrogens with zero attached hydrogens (tertiary/aromatic N) is 3. The predicted octanol–water partition coefficient (Wildman–Crippen LogP) is 6.05. The van der Waals surface area contributed by atoms with E-state index in [1.165, 1.54) is 0 Å². The summed E-state index contributed by atoms with van der Waals surface area (Å²) >= 11 is 0. The van der Waals surface area contributed by atoms with Crippen LogP contribution in [0.1, 0.15) is 55.1 Å². The number of fused-ring (bicyclic) bond motifs is 1. The smallest absolute Gasteiger partial charge is 0.254 e. The summed E-state index contributed by atoms with van der Waals surface area (Å²) in [7, 11) is 3.97. The second-order valence-corrected chi connectivity index (χ2v) is 9.40. The van der Waals surface area contributed by atoms with Gasteiger partial charge in [0.1, 0.15) is 11.5 Å². The molecule has 0 aliphatic carbocycles. The fourth-order valence-corrected chi connectivity index (χ4v) is 4.99. The van der Waals surface area contributed by atoms with Crippen molar-refractivity contribution in [1.82, 2.24) is 14.8 Å². The third-order valence-corrected chi connectivity index (χ3v) is 6.99. The van der Waals surface area contributed by atoms with Crippen LogP contribution in [0.5, 0.6) is 11.5 Å². The standard InChI is InChI=1S/C28H31N5O2.C2H6/c1-18(29)24-7-5-22(16-27(24)30-2)35-23-8-11-31-26(15-23)19-4-6-25-20(14-19)17-33(28(25)34)21-9-12-32(3)13-10-21;1-2/h4-8,11,14-16,21,29-30H,9-10,12-13,17H2,1-3H3;1-2H3. The predicted molar refractivity (Wildman–Crippen MR) is 150 cm³/mol. The number of rotatable bonds is 6. The van der Waals surface area contributed by atoms with Crippen molar-refractivity contribution in [2.45, 2.75) is 46.2 Å². The third kappa shape index (κ3) is 5.67. The number of ether oxygens (including phenoxy) is 1. The first-order chi connectivity index (χ1) is 17.9. The summed E-state index contributed by atoms with van der Waals surface area (Å²) < 4.78 is 6.12. The molecule has 2 N–H and O–H groups in total. The number of carbonyl (C=O) groups excluding carboxylic acids is 1. The van der Waals surface area contributed by atoms with E-state index in [9.17, 15) is 4.79 Å². The molecule has 2 aliphatic heterocycles. The Hall–Kier alpha value is -3.71. The Balaban J connectivity index is 0.00000156. The van der Waals surface area contributed by atoms with Gasteiger partial charge in [0, 0.05) is 66.1 Å². The summed E-state index contributed by atoms with van der Waals surface area (Å²) in [5.41, 5.74) is 5.84. The number of aromatic nitrogens is 1. The van der Waals surface area contributed by atoms with E-state index in [4.69, 9.17) is 10.1 Å². The SMILES string of the molecule is CC.CNc1cc(Oc2ccnc(-c3ccc4c(c3)CN(C3CCN(C)CC3)C4=O)c2)ccc1C(C)=N. The molecule has 1 amide bonds. The van der Waals surface area contributed by atoms with Crippen LogP contribution < -0.4 is 10.1 Å². The number of amides is 1. The summed E-state index contributed by atoms with van der Waals surface area (Å²) in [4.78, 5) is 22.0. The fraction of sp³-hybridized carbons (Fsp3) is 0.367. The average Bonchev–Trinajstić information content (AvgIpc) is 3.25. The van der Waals surface area contributed by atoms with Crippen LogP contribution in [0, 0.1) is 5.41 Å². The van der Waals surface area contributed by atoms with Crippen LogP contribution in [0.2, 0.25) is 0 Å². The highest BCUT2D eigenvalue weighted by Gasteiger charge is 2.34. The zero-order valence-electron chi connectivity index (χ0n) is 22.5. The maximum Gasteiger partial charge on any atom is 0.254 e. The number of hydrogen-bond acceptors (Lipinski definition) is 6. The lowest BCUT2D eigenvalue weighted by Crippen LogP contribution is -2.43. The molecule has 2 aromatic carbocycles. The van der Waals surface area contributed by atoms with Gasteiger partial charge >= 0.3 is 0 Å². The van der Waals surface area contributed by atoms with Crippen LogP contribution in [0.4, 0.5) is 5.69 Å². The maximum absolute atomic E-state index is 13.1. The van der Waals surface area contributed by atoms with E-state index in [-0.39, 0.29) is 5.91 Å². The first-order valence-electron chi connectivity index (χ1n) is 13.1. The molecule has 1 saturated heterocycles. The van der Waals surface area contributed by atoms with Gasteiger partial charge in [-0.2, -0.15) is 0 Å². The number of piperidine rings is 1. The molecule has 7 heteroatoms. The van der Waals surface area contributed by atoms with Gasteiger partial charge in [-0.25, -0.2) is 0 Å². The van der Waals surface area contributed by atoms with Crippen molar-refractivity contribution in [1.29, 1.82) is 5.41 Å². The van der Waals surface area contributed by atoms with Crippen molar-refractivity contribution in [3.63, 3.8) is 0 Å². The highest BCUT2D eigenvalue weighted by molar-refractivity contribution is 6.01. The molecule has 2 aliphatic rings. The van der Waals surface area contributed by atoms with Crippen molar-refractivity contribution < 1.29 is 9.53 Å². The zero-order chi connectivity index (χ0) is 26.5. The number of benzene rings is 2. The minimum absolute atomic E-state index is 0.148. The second-order valence-electron chi connectivity index (χ2n) is 9.40. The van der Waals surface area contributed by atoms with Crippen LogP contribution in [0.3, 0.4) is 0 Å². The van der Waals surface area contributed by atoms with Crippen LogP contribution >= 0.6 is 0 Å². The molecule has 0 bridgehead atoms. The van der Waals surface area contributed by atoms with Crippen LogP contribution in [-0.2, 0) is 6.54 Å². The Labute approximate surface area is 220 Å². The molecule has 3 heterocycles. The number of pyridine rings is 1. The molecular formula is C30H37N5O2. The highest BCUT2D eigenvalue weighted by atomic mass is 16.5. The monoisotopic (exact) mass is 499 g/mol. The van der Waals surface area contributed by atoms with E-state index in [0.29, 0.717) is 29.8 Å². The van der Waals surface area contributed by atoms with Crippen molar-refractivity contribution >= 4 is 17.3 Å². The molecule has 0 radical (unpaired) electrons. The lowest BCUT2D eigenvalue weighted by Gasteiger charge is -2.34. The van der Waals surface area contributed by atoms with Crippen molar-refractivity contribution in [3.05, 3.63) is 71.4 Å². The number of anilines is 1. The third-order valence-electron chi connectivity index (χ3n) is 6.99. The molecular weight excluding hydrogens is 462 g/mol. The normalized spacial score (nSPS) is 15.6. The molecule has 0 saturated carbocycles. The lowest BCUT2D eigenvalue weighted by molar-refractivity contribution is 0.0617. The van der Waals surface area contributed by atoms with Crippen LogP contribution in [0.15, 0.2) is 54.7 Å². The van der Waals surface area contributed by atoms with Gasteiger partial charge in [-0.15, -0.1) is 0 Å². The van der Waals surface area contributed by atoms with E-state index in [1.807, 2.05) is 68.3 Å². The summed E-state index contributed by atoms with van der Waals surface area (Å²) in [6, 6.07) is 15.7. The first kappa shape index (κ1) is 26.4. The van der Waals surface area contributed by atoms with Crippen molar-refractivity contribution in [2.24, 2.45) is 0 Å². The summed E-state index contributed by atoms with van der Waals surface area (Å²) in [6.45, 7) is 8.50. The Bertz CT molecular complexity index is 1280. The minimum atomic E-state index is 0.148. The van der Waals surface area contributed by atoms with E-state index in [0.717, 1.165) is 59.6 Å². The Morgan fingerprint density at radius 2 is 1.78 bits per heavy atom. The van der Waals surface area contributed by atoms with Gasteiger partial charge in [-0.1, -0.05) is 19.9 Å². The van der Waals surface area contributed by atoms with Crippen LogP contribution in [0.25, 0.3) is 11.3 Å². The van der Waals surface area contributed by atoms with Gasteiger partial charge < -0.3 is 25.3 Å². The zero-order valence-corrected chi connectivity index (χ0v) is 22.5. The number of likely N-dealkylation sites (tertiary alicyclic amines) is 1. The van der Waals surface area contributed by atoms with Gasteiger partial charge in [0.2, 0.25) is 0 Å². The summed E-state index contributed by atoms with van der Waals surface area (Å²) in [5, 5.41) is 11.1. The molecule has 0 spiro atoms. The lowest BCUT2D eigenvalue weighted by atomic mass is 10.0. The van der Waals surface area contributed by atoms with Gasteiger partial charge in [0.15, 0.2) is 0 Å². The molecule has 37 heavy (non-hydrogen) atoms. The largest absolute Gasteiger partial charge is 0.457 e. The summed E-state index contributed by atoms with van der Waals surface area (Å²) in [6.07, 6.45) is 3.79. The van der Waals surface area contributed by atoms with Crippen LogP contribution in [-0.4, -0.2) is 59.6 Å². The first-order valence-corrected chi connectivity index (χ1v) is 13.1. The van der Waals surface area contributed by atoms with Gasteiger partial charge in [-0.05, 0) is 75.8 Å². The highest BCUT2D eigenvalue weighted by Crippen LogP contribution is 2.33. The van der Waals surface area contributed by atoms with E-state index >= 15 is 0 Å². The number of hydrogen-bond donors (Lipinski definition) is 2. The average molecular weight is 500 g/mol. The minimum Gasteiger partial charge on any atom is -0.457 e. The number of nitrogens with one attached hydrogen (secondary N) is 2. The molecule has 0 unspecified atom stereocenters. The molecule has 3 aromatic rings. The molecule has 1 fully saturated rings. The summed E-state index contributed by atoms with van der Waals surface area (Å²) in [5.74, 6) is 1.51. The van der Waals surface area contributed by atoms with E-state index in [1.54, 1.807) is 13.1 Å². The Kier molecular flexibility index (Phi) is 8.24. The molecule has 1 aromatic heterocycles. The topological polar surface area (TPSA) is 81.6 Å². The quantitative estimate of drug-likeness (QED) is 0.404. The molecule has 7 nitrogen and oxygen atoms in total. The van der Waals surface area contributed by atoms with Gasteiger partial charge in [0.25, 0.3) is 5.91 Å².